The molecule has 5 heteroatoms. The molecule has 0 spiro atoms. The first-order valence-corrected chi connectivity index (χ1v) is 3.48. The number of rotatable bonds is 5. The third-order valence-corrected chi connectivity index (χ3v) is 1.51. The van der Waals surface area contributed by atoms with Crippen LogP contribution in [-0.2, 0) is 9.59 Å². The summed E-state index contributed by atoms with van der Waals surface area (Å²) in [5.41, 5.74) is 4.86. The quantitative estimate of drug-likeness (QED) is 0.410. The highest BCUT2D eigenvalue weighted by Crippen LogP contribution is 1.94. The van der Waals surface area contributed by atoms with Crippen LogP contribution in [0.3, 0.4) is 0 Å². The summed E-state index contributed by atoms with van der Waals surface area (Å²) in [6.45, 7) is 0. The summed E-state index contributed by atoms with van der Waals surface area (Å²) in [6.07, 6.45) is 1.45. The number of hydrogen-bond donors (Lipinski definition) is 2. The largest absolute Gasteiger partial charge is 0.370 e. The molecule has 0 radical (unpaired) electrons. The number of primary amides is 1. The molecule has 0 heterocycles. The van der Waals surface area contributed by atoms with Crippen molar-refractivity contribution in [3.05, 3.63) is 0 Å². The van der Waals surface area contributed by atoms with E-state index in [9.17, 15) is 9.59 Å². The number of nitrogens with one attached hydrogen (secondary N) is 1. The second-order valence-corrected chi connectivity index (χ2v) is 2.25. The molecule has 0 aromatic rings. The zero-order valence-electron chi connectivity index (χ0n) is 5.54. The van der Waals surface area contributed by atoms with Crippen molar-refractivity contribution in [3.8, 4) is 0 Å². The van der Waals surface area contributed by atoms with Gasteiger partial charge in [-0.05, 0) is 6.42 Å². The summed E-state index contributed by atoms with van der Waals surface area (Å²) >= 11 is 0. The summed E-state index contributed by atoms with van der Waals surface area (Å²) < 4.78 is 0. The van der Waals surface area contributed by atoms with E-state index in [1.165, 1.54) is 0 Å². The zero-order chi connectivity index (χ0) is 7.98. The van der Waals surface area contributed by atoms with Gasteiger partial charge in [0.2, 0.25) is 5.91 Å². The number of amides is 1. The SMILES string of the molecule is NC(=O)CCC(C=O)NP. The maximum Gasteiger partial charge on any atom is 0.217 e. The fourth-order valence-corrected chi connectivity index (χ4v) is 0.734. The van der Waals surface area contributed by atoms with E-state index in [4.69, 9.17) is 5.73 Å². The molecule has 58 valence electrons. The molecule has 0 rings (SSSR count). The molecule has 0 saturated heterocycles. The molecule has 0 bridgehead atoms. The van der Waals surface area contributed by atoms with Crippen molar-refractivity contribution < 1.29 is 9.59 Å². The van der Waals surface area contributed by atoms with E-state index in [1.807, 2.05) is 0 Å². The molecule has 2 unspecified atom stereocenters. The van der Waals surface area contributed by atoms with Gasteiger partial charge >= 0.3 is 0 Å². The van der Waals surface area contributed by atoms with Gasteiger partial charge in [0.25, 0.3) is 0 Å². The van der Waals surface area contributed by atoms with Crippen LogP contribution in [0, 0.1) is 0 Å². The number of aldehydes is 1. The number of nitrogens with two attached hydrogens (primary N) is 1. The second kappa shape index (κ2) is 5.33. The third kappa shape index (κ3) is 4.41. The van der Waals surface area contributed by atoms with Gasteiger partial charge in [-0.2, -0.15) is 0 Å². The van der Waals surface area contributed by atoms with Crippen molar-refractivity contribution >= 4 is 21.6 Å². The average molecular weight is 162 g/mol. The van der Waals surface area contributed by atoms with Crippen LogP contribution in [0.2, 0.25) is 0 Å². The molecule has 0 aliphatic heterocycles. The van der Waals surface area contributed by atoms with E-state index in [-0.39, 0.29) is 18.4 Å². The molecule has 2 atom stereocenters. The van der Waals surface area contributed by atoms with Gasteiger partial charge in [-0.15, -0.1) is 0 Å². The molecule has 10 heavy (non-hydrogen) atoms. The topological polar surface area (TPSA) is 72.2 Å². The summed E-state index contributed by atoms with van der Waals surface area (Å²) in [6, 6.07) is -0.280. The normalized spacial score (nSPS) is 12.5. The monoisotopic (exact) mass is 162 g/mol. The van der Waals surface area contributed by atoms with Crippen molar-refractivity contribution in [2.24, 2.45) is 5.73 Å². The molecule has 1 amide bonds. The van der Waals surface area contributed by atoms with Crippen LogP contribution in [0.5, 0.6) is 0 Å². The van der Waals surface area contributed by atoms with Crippen molar-refractivity contribution in [2.75, 3.05) is 0 Å². The number of carbonyl (C=O) groups excluding carboxylic acids is 2. The first kappa shape index (κ1) is 9.53. The van der Waals surface area contributed by atoms with Crippen LogP contribution >= 0.6 is 9.39 Å². The van der Waals surface area contributed by atoms with Gasteiger partial charge in [-0.1, -0.05) is 9.39 Å². The van der Waals surface area contributed by atoms with Crippen LogP contribution in [0.4, 0.5) is 0 Å². The first-order chi connectivity index (χ1) is 4.70. The molecular weight excluding hydrogens is 151 g/mol. The van der Waals surface area contributed by atoms with E-state index < -0.39 is 0 Å². The number of carbonyl (C=O) groups is 2. The van der Waals surface area contributed by atoms with E-state index in [0.717, 1.165) is 6.29 Å². The molecule has 0 saturated carbocycles. The van der Waals surface area contributed by atoms with E-state index in [2.05, 4.69) is 14.5 Å². The Morgan fingerprint density at radius 3 is 2.70 bits per heavy atom. The third-order valence-electron chi connectivity index (χ3n) is 1.08. The molecule has 0 aliphatic carbocycles. The Balaban J connectivity index is 3.44. The van der Waals surface area contributed by atoms with Gasteiger partial charge in [-0.25, -0.2) is 0 Å². The van der Waals surface area contributed by atoms with Crippen molar-refractivity contribution in [3.63, 3.8) is 0 Å². The summed E-state index contributed by atoms with van der Waals surface area (Å²) in [7, 11) is 2.21. The lowest BCUT2D eigenvalue weighted by molar-refractivity contribution is -0.118. The number of hydrogen-bond acceptors (Lipinski definition) is 3. The Morgan fingerprint density at radius 1 is 1.80 bits per heavy atom. The standard InChI is InChI=1S/C5H11N2O2P/c6-5(9)2-1-4(3-8)7-10/h3-4,7H,1-2,10H2,(H2,6,9). The average Bonchev–Trinajstić information content (AvgIpc) is 1.90. The molecule has 3 N–H and O–H groups in total. The maximum absolute atomic E-state index is 10.2. The Bertz CT molecular complexity index is 129. The first-order valence-electron chi connectivity index (χ1n) is 2.90. The predicted octanol–water partition coefficient (Wildman–Crippen LogP) is -0.801. The Kier molecular flexibility index (Phi) is 5.08. The van der Waals surface area contributed by atoms with E-state index in [1.54, 1.807) is 0 Å². The van der Waals surface area contributed by atoms with Crippen LogP contribution in [-0.4, -0.2) is 18.2 Å². The van der Waals surface area contributed by atoms with Gasteiger partial charge in [0.1, 0.15) is 6.29 Å². The van der Waals surface area contributed by atoms with Gasteiger partial charge in [0, 0.05) is 6.42 Å². The van der Waals surface area contributed by atoms with E-state index in [0.29, 0.717) is 6.42 Å². The fraction of sp³-hybridized carbons (Fsp3) is 0.600. The minimum Gasteiger partial charge on any atom is -0.370 e. The molecule has 4 nitrogen and oxygen atoms in total. The molecule has 0 aromatic carbocycles. The lowest BCUT2D eigenvalue weighted by Crippen LogP contribution is -2.24. The molecule has 0 fully saturated rings. The van der Waals surface area contributed by atoms with E-state index >= 15 is 0 Å². The fourth-order valence-electron chi connectivity index (χ4n) is 0.488. The minimum absolute atomic E-state index is 0.241. The van der Waals surface area contributed by atoms with Crippen LogP contribution in [0.25, 0.3) is 0 Å². The minimum atomic E-state index is -0.382. The maximum atomic E-state index is 10.2. The Labute approximate surface area is 61.8 Å². The highest BCUT2D eigenvalue weighted by Gasteiger charge is 2.04. The Morgan fingerprint density at radius 2 is 2.40 bits per heavy atom. The lowest BCUT2D eigenvalue weighted by Gasteiger charge is -2.04. The van der Waals surface area contributed by atoms with Crippen molar-refractivity contribution in [1.29, 1.82) is 0 Å². The zero-order valence-corrected chi connectivity index (χ0v) is 6.69. The molecule has 0 aromatic heterocycles. The highest BCUT2D eigenvalue weighted by atomic mass is 31.0. The Hall–Kier alpha value is -0.470. The van der Waals surface area contributed by atoms with Crippen LogP contribution in [0.15, 0.2) is 0 Å². The van der Waals surface area contributed by atoms with Crippen LogP contribution in [0.1, 0.15) is 12.8 Å². The van der Waals surface area contributed by atoms with Gasteiger partial charge in [0.05, 0.1) is 6.04 Å². The lowest BCUT2D eigenvalue weighted by atomic mass is 10.2. The predicted molar refractivity (Wildman–Crippen MR) is 41.1 cm³/mol. The van der Waals surface area contributed by atoms with Gasteiger partial charge in [-0.3, -0.25) is 9.88 Å². The summed E-state index contributed by atoms with van der Waals surface area (Å²) in [5, 5.41) is 2.65. The summed E-state index contributed by atoms with van der Waals surface area (Å²) in [4.78, 5) is 20.3. The summed E-state index contributed by atoms with van der Waals surface area (Å²) in [5.74, 6) is -0.382. The van der Waals surface area contributed by atoms with Crippen molar-refractivity contribution in [2.45, 2.75) is 18.9 Å². The molecule has 0 aliphatic rings. The molecular formula is C5H11N2O2P. The highest BCUT2D eigenvalue weighted by molar-refractivity contribution is 7.13. The van der Waals surface area contributed by atoms with Gasteiger partial charge < -0.3 is 10.5 Å². The second-order valence-electron chi connectivity index (χ2n) is 1.91. The van der Waals surface area contributed by atoms with Crippen molar-refractivity contribution in [1.82, 2.24) is 5.09 Å². The van der Waals surface area contributed by atoms with Gasteiger partial charge in [0.15, 0.2) is 0 Å². The smallest absolute Gasteiger partial charge is 0.217 e. The van der Waals surface area contributed by atoms with Crippen LogP contribution < -0.4 is 10.8 Å².